The number of halogens is 1. The summed E-state index contributed by atoms with van der Waals surface area (Å²) in [7, 11) is 1.69. The molecule has 0 saturated heterocycles. The van der Waals surface area contributed by atoms with E-state index >= 15 is 0 Å². The molecule has 1 rings (SSSR count). The number of hydrogen-bond donors (Lipinski definition) is 2. The third-order valence-corrected chi connectivity index (χ3v) is 2.85. The van der Waals surface area contributed by atoms with E-state index in [4.69, 9.17) is 0 Å². The van der Waals surface area contributed by atoms with Gasteiger partial charge in [0.25, 0.3) is 0 Å². The van der Waals surface area contributed by atoms with Gasteiger partial charge in [0.05, 0.1) is 0 Å². The van der Waals surface area contributed by atoms with Crippen molar-refractivity contribution in [2.24, 2.45) is 0 Å². The number of benzene rings is 1. The summed E-state index contributed by atoms with van der Waals surface area (Å²) in [6.07, 6.45) is 2.32. The standard InChI is InChI=1S/C11H15BrN2O/c1-13-14-11(15)8-4-6-9-5-2-3-7-10(9)12/h2-3,5,7,13H,4,6,8H2,1H3,(H,14,15). The first-order valence-electron chi connectivity index (χ1n) is 4.93. The summed E-state index contributed by atoms with van der Waals surface area (Å²) in [4.78, 5) is 11.1. The molecule has 3 nitrogen and oxygen atoms in total. The van der Waals surface area contributed by atoms with Gasteiger partial charge in [0.1, 0.15) is 0 Å². The molecule has 1 aromatic rings. The van der Waals surface area contributed by atoms with E-state index < -0.39 is 0 Å². The fourth-order valence-electron chi connectivity index (χ4n) is 1.34. The Morgan fingerprint density at radius 1 is 1.40 bits per heavy atom. The molecule has 0 atom stereocenters. The number of carbonyl (C=O) groups excluding carboxylic acids is 1. The fraction of sp³-hybridized carbons (Fsp3) is 0.364. The zero-order valence-electron chi connectivity index (χ0n) is 8.72. The van der Waals surface area contributed by atoms with Gasteiger partial charge in [0, 0.05) is 17.9 Å². The van der Waals surface area contributed by atoms with E-state index in [0.717, 1.165) is 17.3 Å². The second kappa shape index (κ2) is 6.58. The molecule has 0 unspecified atom stereocenters. The smallest absolute Gasteiger partial charge is 0.234 e. The van der Waals surface area contributed by atoms with Crippen molar-refractivity contribution in [3.8, 4) is 0 Å². The van der Waals surface area contributed by atoms with E-state index in [9.17, 15) is 4.79 Å². The monoisotopic (exact) mass is 270 g/mol. The molecule has 0 spiro atoms. The van der Waals surface area contributed by atoms with Crippen LogP contribution in [0.5, 0.6) is 0 Å². The molecule has 0 aliphatic heterocycles. The average molecular weight is 271 g/mol. The summed E-state index contributed by atoms with van der Waals surface area (Å²) < 4.78 is 1.11. The van der Waals surface area contributed by atoms with Gasteiger partial charge in [0.2, 0.25) is 5.91 Å². The summed E-state index contributed by atoms with van der Waals surface area (Å²) in [5, 5.41) is 0. The average Bonchev–Trinajstić information content (AvgIpc) is 2.21. The molecule has 82 valence electrons. The lowest BCUT2D eigenvalue weighted by Gasteiger charge is -2.04. The molecule has 4 heteroatoms. The molecule has 0 aromatic heterocycles. The molecule has 0 saturated carbocycles. The van der Waals surface area contributed by atoms with Gasteiger partial charge in [-0.2, -0.15) is 0 Å². The highest BCUT2D eigenvalue weighted by molar-refractivity contribution is 9.10. The van der Waals surface area contributed by atoms with Crippen LogP contribution in [0.2, 0.25) is 0 Å². The summed E-state index contributed by atoms with van der Waals surface area (Å²) in [5.74, 6) is 0.0320. The molecule has 0 aliphatic carbocycles. The highest BCUT2D eigenvalue weighted by Crippen LogP contribution is 2.17. The van der Waals surface area contributed by atoms with Crippen LogP contribution < -0.4 is 10.9 Å². The predicted octanol–water partition coefficient (Wildman–Crippen LogP) is 2.02. The molecular weight excluding hydrogens is 256 g/mol. The van der Waals surface area contributed by atoms with Crippen LogP contribution >= 0.6 is 15.9 Å². The number of aryl methyl sites for hydroxylation is 1. The normalized spacial score (nSPS) is 10.0. The molecule has 2 N–H and O–H groups in total. The van der Waals surface area contributed by atoms with Crippen LogP contribution in [0.15, 0.2) is 28.7 Å². The van der Waals surface area contributed by atoms with Crippen LogP contribution in [0, 0.1) is 0 Å². The van der Waals surface area contributed by atoms with Crippen molar-refractivity contribution in [1.29, 1.82) is 0 Å². The Morgan fingerprint density at radius 3 is 2.80 bits per heavy atom. The third kappa shape index (κ3) is 4.44. The number of amides is 1. The quantitative estimate of drug-likeness (QED) is 0.804. The Kier molecular flexibility index (Phi) is 5.36. The van der Waals surface area contributed by atoms with Gasteiger partial charge in [-0.3, -0.25) is 10.2 Å². The van der Waals surface area contributed by atoms with Crippen molar-refractivity contribution < 1.29 is 4.79 Å². The summed E-state index contributed by atoms with van der Waals surface area (Å²) in [6.45, 7) is 0. The van der Waals surface area contributed by atoms with Gasteiger partial charge < -0.3 is 0 Å². The van der Waals surface area contributed by atoms with Gasteiger partial charge >= 0.3 is 0 Å². The van der Waals surface area contributed by atoms with Crippen molar-refractivity contribution in [1.82, 2.24) is 10.9 Å². The Balaban J connectivity index is 2.32. The minimum Gasteiger partial charge on any atom is -0.292 e. The Bertz CT molecular complexity index is 328. The van der Waals surface area contributed by atoms with Gasteiger partial charge in [-0.15, -0.1) is 0 Å². The number of rotatable bonds is 5. The molecule has 1 amide bonds. The maximum Gasteiger partial charge on any atom is 0.234 e. The van der Waals surface area contributed by atoms with E-state index in [1.807, 2.05) is 18.2 Å². The number of nitrogens with one attached hydrogen (secondary N) is 2. The highest BCUT2D eigenvalue weighted by Gasteiger charge is 2.01. The first-order valence-corrected chi connectivity index (χ1v) is 5.72. The Morgan fingerprint density at radius 2 is 2.13 bits per heavy atom. The zero-order chi connectivity index (χ0) is 11.1. The molecule has 0 radical (unpaired) electrons. The number of hydrogen-bond acceptors (Lipinski definition) is 2. The predicted molar refractivity (Wildman–Crippen MR) is 64.3 cm³/mol. The lowest BCUT2D eigenvalue weighted by Crippen LogP contribution is -2.33. The van der Waals surface area contributed by atoms with Gasteiger partial charge in [-0.1, -0.05) is 34.1 Å². The van der Waals surface area contributed by atoms with E-state index in [1.165, 1.54) is 5.56 Å². The SMILES string of the molecule is CNNC(=O)CCCc1ccccc1Br. The van der Waals surface area contributed by atoms with Gasteiger partial charge in [-0.05, 0) is 24.5 Å². The van der Waals surface area contributed by atoms with Crippen molar-refractivity contribution >= 4 is 21.8 Å². The topological polar surface area (TPSA) is 41.1 Å². The third-order valence-electron chi connectivity index (χ3n) is 2.07. The first kappa shape index (κ1) is 12.2. The lowest BCUT2D eigenvalue weighted by atomic mass is 10.1. The summed E-state index contributed by atoms with van der Waals surface area (Å²) in [5.41, 5.74) is 6.41. The summed E-state index contributed by atoms with van der Waals surface area (Å²) >= 11 is 3.48. The molecule has 15 heavy (non-hydrogen) atoms. The molecule has 0 fully saturated rings. The molecule has 0 aliphatic rings. The van der Waals surface area contributed by atoms with Crippen LogP contribution in [-0.4, -0.2) is 13.0 Å². The molecule has 0 heterocycles. The van der Waals surface area contributed by atoms with Crippen molar-refractivity contribution in [2.45, 2.75) is 19.3 Å². The number of hydrazine groups is 1. The minimum atomic E-state index is 0.0320. The van der Waals surface area contributed by atoms with E-state index in [0.29, 0.717) is 6.42 Å². The van der Waals surface area contributed by atoms with E-state index in [2.05, 4.69) is 32.8 Å². The largest absolute Gasteiger partial charge is 0.292 e. The summed E-state index contributed by atoms with van der Waals surface area (Å²) in [6, 6.07) is 8.08. The molecule has 0 bridgehead atoms. The first-order chi connectivity index (χ1) is 7.24. The van der Waals surface area contributed by atoms with E-state index in [-0.39, 0.29) is 5.91 Å². The van der Waals surface area contributed by atoms with Gasteiger partial charge in [-0.25, -0.2) is 5.43 Å². The van der Waals surface area contributed by atoms with Crippen LogP contribution in [0.25, 0.3) is 0 Å². The zero-order valence-corrected chi connectivity index (χ0v) is 10.3. The second-order valence-corrected chi connectivity index (χ2v) is 4.10. The maximum atomic E-state index is 11.1. The highest BCUT2D eigenvalue weighted by atomic mass is 79.9. The lowest BCUT2D eigenvalue weighted by molar-refractivity contribution is -0.122. The fourth-order valence-corrected chi connectivity index (χ4v) is 1.83. The van der Waals surface area contributed by atoms with Crippen molar-refractivity contribution in [3.63, 3.8) is 0 Å². The van der Waals surface area contributed by atoms with Crippen LogP contribution in [0.4, 0.5) is 0 Å². The maximum absolute atomic E-state index is 11.1. The minimum absolute atomic E-state index is 0.0320. The molecular formula is C11H15BrN2O. The second-order valence-electron chi connectivity index (χ2n) is 3.24. The molecule has 1 aromatic carbocycles. The van der Waals surface area contributed by atoms with Crippen molar-refractivity contribution in [3.05, 3.63) is 34.3 Å². The van der Waals surface area contributed by atoms with E-state index in [1.54, 1.807) is 7.05 Å². The van der Waals surface area contributed by atoms with Crippen molar-refractivity contribution in [2.75, 3.05) is 7.05 Å². The Hall–Kier alpha value is -0.870. The Labute approximate surface area is 98.4 Å². The van der Waals surface area contributed by atoms with Crippen LogP contribution in [-0.2, 0) is 11.2 Å². The van der Waals surface area contributed by atoms with Crippen LogP contribution in [0.3, 0.4) is 0 Å². The number of carbonyl (C=O) groups is 1. The van der Waals surface area contributed by atoms with Crippen LogP contribution in [0.1, 0.15) is 18.4 Å². The van der Waals surface area contributed by atoms with Gasteiger partial charge in [0.15, 0.2) is 0 Å².